The number of likely N-dealkylation sites (tertiary alicyclic amines) is 1. The summed E-state index contributed by atoms with van der Waals surface area (Å²) in [6.07, 6.45) is 2.05. The molecule has 2 unspecified atom stereocenters. The van der Waals surface area contributed by atoms with Crippen molar-refractivity contribution >= 4 is 5.78 Å². The highest BCUT2D eigenvalue weighted by molar-refractivity contribution is 5.96. The number of methoxy groups -OCH3 is 1. The number of aryl methyl sites for hydroxylation is 1. The molecule has 1 aliphatic heterocycles. The van der Waals surface area contributed by atoms with Crippen LogP contribution in [0.4, 0.5) is 0 Å². The first kappa shape index (κ1) is 15.2. The third-order valence-corrected chi connectivity index (χ3v) is 4.30. The molecule has 2 rings (SSSR count). The van der Waals surface area contributed by atoms with Crippen LogP contribution in [0.2, 0.25) is 0 Å². The van der Waals surface area contributed by atoms with Gasteiger partial charge in [-0.25, -0.2) is 0 Å². The van der Waals surface area contributed by atoms with E-state index in [1.165, 1.54) is 5.56 Å². The molecule has 110 valence electrons. The van der Waals surface area contributed by atoms with Crippen molar-refractivity contribution in [3.8, 4) is 0 Å². The summed E-state index contributed by atoms with van der Waals surface area (Å²) in [5, 5.41) is 0. The van der Waals surface area contributed by atoms with Crippen LogP contribution < -0.4 is 0 Å². The number of nitrogens with zero attached hydrogens (tertiary/aromatic N) is 1. The molecule has 3 heteroatoms. The van der Waals surface area contributed by atoms with E-state index in [1.54, 1.807) is 7.11 Å². The first-order valence-corrected chi connectivity index (χ1v) is 7.45. The fraction of sp³-hybridized carbons (Fsp3) is 0.588. The Hall–Kier alpha value is -1.19. The predicted molar refractivity (Wildman–Crippen MR) is 81.1 cm³/mol. The minimum atomic E-state index is 0.234. The summed E-state index contributed by atoms with van der Waals surface area (Å²) >= 11 is 0. The van der Waals surface area contributed by atoms with Crippen LogP contribution in [0, 0.1) is 12.8 Å². The van der Waals surface area contributed by atoms with Gasteiger partial charge in [0.15, 0.2) is 5.78 Å². The van der Waals surface area contributed by atoms with Gasteiger partial charge in [0.25, 0.3) is 0 Å². The maximum atomic E-state index is 12.2. The Morgan fingerprint density at radius 1 is 1.35 bits per heavy atom. The number of carbonyl (C=O) groups is 1. The Labute approximate surface area is 121 Å². The Balaban J connectivity index is 1.83. The van der Waals surface area contributed by atoms with Crippen molar-refractivity contribution in [2.45, 2.75) is 32.8 Å². The van der Waals surface area contributed by atoms with Gasteiger partial charge in [-0.2, -0.15) is 0 Å². The summed E-state index contributed by atoms with van der Waals surface area (Å²) < 4.78 is 5.51. The van der Waals surface area contributed by atoms with Crippen LogP contribution in [0.3, 0.4) is 0 Å². The molecule has 0 radical (unpaired) electrons. The van der Waals surface area contributed by atoms with Gasteiger partial charge in [-0.15, -0.1) is 0 Å². The largest absolute Gasteiger partial charge is 0.380 e. The molecular weight excluding hydrogens is 250 g/mol. The maximum Gasteiger partial charge on any atom is 0.164 e. The molecule has 0 saturated carbocycles. The van der Waals surface area contributed by atoms with Gasteiger partial charge in [0.2, 0.25) is 0 Å². The third-order valence-electron chi connectivity index (χ3n) is 4.30. The predicted octanol–water partition coefficient (Wildman–Crippen LogP) is 2.92. The monoisotopic (exact) mass is 275 g/mol. The first-order chi connectivity index (χ1) is 9.60. The van der Waals surface area contributed by atoms with Crippen LogP contribution >= 0.6 is 0 Å². The van der Waals surface area contributed by atoms with E-state index in [-0.39, 0.29) is 5.78 Å². The fourth-order valence-corrected chi connectivity index (χ4v) is 2.75. The van der Waals surface area contributed by atoms with Gasteiger partial charge in [0.05, 0.1) is 6.10 Å². The number of ketones is 1. The SMILES string of the molecule is COC1CN(CCC(=O)c2ccc(C)cc2)CCC1C. The number of hydrogen-bond donors (Lipinski definition) is 0. The molecule has 0 aliphatic carbocycles. The average molecular weight is 275 g/mol. The van der Waals surface area contributed by atoms with E-state index >= 15 is 0 Å². The lowest BCUT2D eigenvalue weighted by Crippen LogP contribution is -2.44. The van der Waals surface area contributed by atoms with Gasteiger partial charge in [-0.1, -0.05) is 36.8 Å². The van der Waals surface area contributed by atoms with E-state index in [0.29, 0.717) is 18.4 Å². The molecule has 0 aromatic heterocycles. The van der Waals surface area contributed by atoms with Crippen LogP contribution in [0.25, 0.3) is 0 Å². The molecular formula is C17H25NO2. The fourth-order valence-electron chi connectivity index (χ4n) is 2.75. The topological polar surface area (TPSA) is 29.5 Å². The lowest BCUT2D eigenvalue weighted by Gasteiger charge is -2.36. The number of benzene rings is 1. The quantitative estimate of drug-likeness (QED) is 0.774. The average Bonchev–Trinajstić information content (AvgIpc) is 2.46. The molecule has 1 aromatic carbocycles. The second-order valence-electron chi connectivity index (χ2n) is 5.88. The van der Waals surface area contributed by atoms with Crippen molar-refractivity contribution in [2.75, 3.05) is 26.7 Å². The van der Waals surface area contributed by atoms with Crippen molar-refractivity contribution in [3.05, 3.63) is 35.4 Å². The normalized spacial score (nSPS) is 23.8. The van der Waals surface area contributed by atoms with Crippen molar-refractivity contribution in [2.24, 2.45) is 5.92 Å². The Morgan fingerprint density at radius 2 is 2.05 bits per heavy atom. The van der Waals surface area contributed by atoms with Crippen LogP contribution in [-0.2, 0) is 4.74 Å². The van der Waals surface area contributed by atoms with Crippen LogP contribution in [0.5, 0.6) is 0 Å². The number of piperidine rings is 1. The molecule has 3 nitrogen and oxygen atoms in total. The Kier molecular flexibility index (Phi) is 5.32. The van der Waals surface area contributed by atoms with Gasteiger partial charge in [0.1, 0.15) is 0 Å². The van der Waals surface area contributed by atoms with Crippen molar-refractivity contribution < 1.29 is 9.53 Å². The van der Waals surface area contributed by atoms with E-state index in [1.807, 2.05) is 31.2 Å². The standard InChI is InChI=1S/C17H25NO2/c1-13-4-6-15(7-5-13)16(19)9-11-18-10-8-14(2)17(12-18)20-3/h4-7,14,17H,8-12H2,1-3H3. The van der Waals surface area contributed by atoms with E-state index in [0.717, 1.165) is 31.6 Å². The number of carbonyl (C=O) groups excluding carboxylic acids is 1. The highest BCUT2D eigenvalue weighted by Crippen LogP contribution is 2.19. The lowest BCUT2D eigenvalue weighted by atomic mass is 9.95. The zero-order valence-electron chi connectivity index (χ0n) is 12.8. The van der Waals surface area contributed by atoms with Gasteiger partial charge < -0.3 is 9.64 Å². The Bertz CT molecular complexity index is 441. The van der Waals surface area contributed by atoms with Crippen molar-refractivity contribution in [1.29, 1.82) is 0 Å². The zero-order valence-corrected chi connectivity index (χ0v) is 12.8. The number of ether oxygens (including phenoxy) is 1. The molecule has 1 aromatic rings. The van der Waals surface area contributed by atoms with E-state index in [4.69, 9.17) is 4.74 Å². The first-order valence-electron chi connectivity index (χ1n) is 7.45. The molecule has 0 bridgehead atoms. The van der Waals surface area contributed by atoms with Crippen LogP contribution in [-0.4, -0.2) is 43.5 Å². The molecule has 2 atom stereocenters. The molecule has 1 saturated heterocycles. The summed E-state index contributed by atoms with van der Waals surface area (Å²) in [5.41, 5.74) is 2.01. The molecule has 0 N–H and O–H groups in total. The van der Waals surface area contributed by atoms with Gasteiger partial charge in [0, 0.05) is 32.2 Å². The summed E-state index contributed by atoms with van der Waals surface area (Å²) in [6, 6.07) is 7.84. The molecule has 0 amide bonds. The van der Waals surface area contributed by atoms with Gasteiger partial charge in [-0.05, 0) is 25.8 Å². The third kappa shape index (κ3) is 3.90. The molecule has 0 spiro atoms. The van der Waals surface area contributed by atoms with Crippen molar-refractivity contribution in [1.82, 2.24) is 4.90 Å². The van der Waals surface area contributed by atoms with Gasteiger partial charge >= 0.3 is 0 Å². The summed E-state index contributed by atoms with van der Waals surface area (Å²) in [6.45, 7) is 7.12. The van der Waals surface area contributed by atoms with E-state index in [9.17, 15) is 4.79 Å². The van der Waals surface area contributed by atoms with E-state index < -0.39 is 0 Å². The number of Topliss-reactive ketones (excluding diaryl/α,β-unsaturated/α-hetero) is 1. The van der Waals surface area contributed by atoms with Crippen LogP contribution in [0.15, 0.2) is 24.3 Å². The summed E-state index contributed by atoms with van der Waals surface area (Å²) in [4.78, 5) is 14.5. The second-order valence-corrected chi connectivity index (χ2v) is 5.88. The second kappa shape index (κ2) is 7.00. The number of hydrogen-bond acceptors (Lipinski definition) is 3. The minimum Gasteiger partial charge on any atom is -0.380 e. The smallest absolute Gasteiger partial charge is 0.164 e. The van der Waals surface area contributed by atoms with Crippen LogP contribution in [0.1, 0.15) is 35.7 Å². The summed E-state index contributed by atoms with van der Waals surface area (Å²) in [7, 11) is 1.78. The summed E-state index contributed by atoms with van der Waals surface area (Å²) in [5.74, 6) is 0.849. The highest BCUT2D eigenvalue weighted by Gasteiger charge is 2.25. The van der Waals surface area contributed by atoms with Crippen molar-refractivity contribution in [3.63, 3.8) is 0 Å². The number of rotatable bonds is 5. The maximum absolute atomic E-state index is 12.2. The zero-order chi connectivity index (χ0) is 14.5. The minimum absolute atomic E-state index is 0.234. The molecule has 1 fully saturated rings. The molecule has 20 heavy (non-hydrogen) atoms. The molecule has 1 heterocycles. The van der Waals surface area contributed by atoms with E-state index in [2.05, 4.69) is 11.8 Å². The molecule has 1 aliphatic rings. The van der Waals surface area contributed by atoms with Gasteiger partial charge in [-0.3, -0.25) is 4.79 Å². The Morgan fingerprint density at radius 3 is 2.70 bits per heavy atom. The highest BCUT2D eigenvalue weighted by atomic mass is 16.5. The lowest BCUT2D eigenvalue weighted by molar-refractivity contribution is -0.00479.